The van der Waals surface area contributed by atoms with Gasteiger partial charge in [0.15, 0.2) is 0 Å². The minimum atomic E-state index is 0.0316. The first-order valence-electron chi connectivity index (χ1n) is 18.2. The first kappa shape index (κ1) is 27.7. The molecule has 3 aromatic heterocycles. The van der Waals surface area contributed by atoms with Gasteiger partial charge < -0.3 is 18.3 Å². The van der Waals surface area contributed by atoms with Gasteiger partial charge in [0.1, 0.15) is 22.7 Å². The average Bonchev–Trinajstić information content (AvgIpc) is 3.87. The van der Waals surface area contributed by atoms with Gasteiger partial charge in [-0.05, 0) is 94.2 Å². The zero-order chi connectivity index (χ0) is 34.4. The molecule has 0 fully saturated rings. The molecule has 13 rings (SSSR count). The van der Waals surface area contributed by atoms with Crippen molar-refractivity contribution in [1.29, 1.82) is 0 Å². The number of ether oxygens (including phenoxy) is 1. The first-order chi connectivity index (χ1) is 26.3. The van der Waals surface area contributed by atoms with Gasteiger partial charge in [-0.25, -0.2) is 0 Å². The molecule has 244 valence electrons. The first-order valence-corrected chi connectivity index (χ1v) is 18.2. The maximum Gasteiger partial charge on any atom is 0.256 e. The molecule has 5 heteroatoms. The SMILES string of the molecule is c1cc(-c2ccc3oc4ccccc4c3c2)cc(-n2c3ccccc3c3c4c5ccccc5n5c4c(cc32)B2c3ccccc3Oc3cccc-5c32)c1. The van der Waals surface area contributed by atoms with Crippen molar-refractivity contribution in [3.8, 4) is 34.0 Å². The van der Waals surface area contributed by atoms with Crippen LogP contribution in [0.15, 0.2) is 168 Å². The molecular weight excluding hydrogens is 647 g/mol. The molecule has 53 heavy (non-hydrogen) atoms. The Morgan fingerprint density at radius 1 is 0.434 bits per heavy atom. The molecule has 5 heterocycles. The van der Waals surface area contributed by atoms with Crippen molar-refractivity contribution >= 4 is 88.7 Å². The van der Waals surface area contributed by atoms with E-state index in [-0.39, 0.29) is 6.71 Å². The van der Waals surface area contributed by atoms with Crippen LogP contribution in [0.5, 0.6) is 11.5 Å². The zero-order valence-corrected chi connectivity index (χ0v) is 28.4. The molecular formula is C48H27BN2O2. The summed E-state index contributed by atoms with van der Waals surface area (Å²) in [6.45, 7) is 0.0316. The lowest BCUT2D eigenvalue weighted by atomic mass is 9.34. The maximum absolute atomic E-state index is 6.63. The van der Waals surface area contributed by atoms with Gasteiger partial charge in [-0.2, -0.15) is 0 Å². The molecule has 0 atom stereocenters. The monoisotopic (exact) mass is 674 g/mol. The van der Waals surface area contributed by atoms with Gasteiger partial charge in [-0.1, -0.05) is 97.1 Å². The highest BCUT2D eigenvalue weighted by Gasteiger charge is 2.41. The van der Waals surface area contributed by atoms with Gasteiger partial charge in [0.05, 0.1) is 22.1 Å². The Hall–Kier alpha value is -6.98. The summed E-state index contributed by atoms with van der Waals surface area (Å²) in [5.74, 6) is 1.86. The lowest BCUT2D eigenvalue weighted by Gasteiger charge is -2.33. The van der Waals surface area contributed by atoms with Gasteiger partial charge in [-0.3, -0.25) is 0 Å². The van der Waals surface area contributed by atoms with E-state index in [0.717, 1.165) is 50.3 Å². The van der Waals surface area contributed by atoms with Crippen molar-refractivity contribution in [1.82, 2.24) is 9.13 Å². The summed E-state index contributed by atoms with van der Waals surface area (Å²) in [6.07, 6.45) is 0. The van der Waals surface area contributed by atoms with Crippen LogP contribution in [-0.4, -0.2) is 15.8 Å². The largest absolute Gasteiger partial charge is 0.458 e. The molecule has 2 aliphatic rings. The molecule has 0 N–H and O–H groups in total. The lowest BCUT2D eigenvalue weighted by molar-refractivity contribution is 0.487. The van der Waals surface area contributed by atoms with Crippen molar-refractivity contribution in [3.05, 3.63) is 164 Å². The highest BCUT2D eigenvalue weighted by Crippen LogP contribution is 2.44. The molecule has 0 amide bonds. The summed E-state index contributed by atoms with van der Waals surface area (Å²) in [4.78, 5) is 0. The average molecular weight is 675 g/mol. The minimum absolute atomic E-state index is 0.0316. The Balaban J connectivity index is 1.15. The predicted molar refractivity (Wildman–Crippen MR) is 219 cm³/mol. The van der Waals surface area contributed by atoms with E-state index in [2.05, 4.69) is 161 Å². The number of para-hydroxylation sites is 4. The maximum atomic E-state index is 6.63. The van der Waals surface area contributed by atoms with Crippen molar-refractivity contribution in [2.24, 2.45) is 0 Å². The predicted octanol–water partition coefficient (Wildman–Crippen LogP) is 10.4. The Morgan fingerprint density at radius 2 is 1.13 bits per heavy atom. The second kappa shape index (κ2) is 9.87. The van der Waals surface area contributed by atoms with Crippen LogP contribution < -0.4 is 21.1 Å². The molecule has 4 nitrogen and oxygen atoms in total. The van der Waals surface area contributed by atoms with E-state index >= 15 is 0 Å². The number of benzene rings is 8. The van der Waals surface area contributed by atoms with E-state index < -0.39 is 0 Å². The van der Waals surface area contributed by atoms with E-state index in [1.165, 1.54) is 65.7 Å². The number of nitrogens with zero attached hydrogens (tertiary/aromatic N) is 2. The van der Waals surface area contributed by atoms with Gasteiger partial charge in [0, 0.05) is 43.7 Å². The van der Waals surface area contributed by atoms with Crippen LogP contribution in [-0.2, 0) is 0 Å². The fourth-order valence-electron chi connectivity index (χ4n) is 9.64. The Morgan fingerprint density at radius 3 is 2.04 bits per heavy atom. The summed E-state index contributed by atoms with van der Waals surface area (Å²) < 4.78 is 17.8. The lowest BCUT2D eigenvalue weighted by Crippen LogP contribution is -2.58. The van der Waals surface area contributed by atoms with Crippen molar-refractivity contribution < 1.29 is 9.15 Å². The van der Waals surface area contributed by atoms with Crippen molar-refractivity contribution in [2.75, 3.05) is 0 Å². The molecule has 8 aromatic carbocycles. The van der Waals surface area contributed by atoms with Crippen LogP contribution in [0.25, 0.3) is 88.1 Å². The fraction of sp³-hybridized carbons (Fsp3) is 0. The van der Waals surface area contributed by atoms with Gasteiger partial charge >= 0.3 is 0 Å². The smallest absolute Gasteiger partial charge is 0.256 e. The number of hydrogen-bond acceptors (Lipinski definition) is 2. The summed E-state index contributed by atoms with van der Waals surface area (Å²) in [6, 6.07) is 59.2. The summed E-state index contributed by atoms with van der Waals surface area (Å²) in [5, 5.41) is 7.37. The summed E-state index contributed by atoms with van der Waals surface area (Å²) in [7, 11) is 0. The number of rotatable bonds is 2. The molecule has 11 aromatic rings. The van der Waals surface area contributed by atoms with Crippen LogP contribution in [0.4, 0.5) is 0 Å². The second-order valence-corrected chi connectivity index (χ2v) is 14.4. The molecule has 0 saturated heterocycles. The van der Waals surface area contributed by atoms with Gasteiger partial charge in [0.2, 0.25) is 0 Å². The minimum Gasteiger partial charge on any atom is -0.458 e. The van der Waals surface area contributed by atoms with Crippen molar-refractivity contribution in [3.63, 3.8) is 0 Å². The third kappa shape index (κ3) is 3.51. The molecule has 2 aliphatic heterocycles. The Labute approximate surface area is 303 Å². The fourth-order valence-corrected chi connectivity index (χ4v) is 9.64. The number of fused-ring (bicyclic) bond motifs is 14. The zero-order valence-electron chi connectivity index (χ0n) is 28.4. The Bertz CT molecular complexity index is 3400. The van der Waals surface area contributed by atoms with Crippen LogP contribution in [0, 0.1) is 0 Å². The number of aromatic nitrogens is 2. The second-order valence-electron chi connectivity index (χ2n) is 14.4. The van der Waals surface area contributed by atoms with E-state index in [0.29, 0.717) is 0 Å². The quantitative estimate of drug-likeness (QED) is 0.171. The Kier molecular flexibility index (Phi) is 5.16. The normalized spacial score (nSPS) is 13.0. The van der Waals surface area contributed by atoms with E-state index in [1.54, 1.807) is 0 Å². The number of furan rings is 1. The van der Waals surface area contributed by atoms with Gasteiger partial charge in [-0.15, -0.1) is 0 Å². The third-order valence-corrected chi connectivity index (χ3v) is 11.7. The van der Waals surface area contributed by atoms with Crippen LogP contribution in [0.2, 0.25) is 0 Å². The molecule has 0 unspecified atom stereocenters. The molecule has 0 radical (unpaired) electrons. The number of hydrogen-bond donors (Lipinski definition) is 0. The van der Waals surface area contributed by atoms with Crippen LogP contribution in [0.3, 0.4) is 0 Å². The van der Waals surface area contributed by atoms with Crippen LogP contribution >= 0.6 is 0 Å². The topological polar surface area (TPSA) is 32.2 Å². The summed E-state index contributed by atoms with van der Waals surface area (Å²) >= 11 is 0. The molecule has 0 saturated carbocycles. The molecule has 0 spiro atoms. The third-order valence-electron chi connectivity index (χ3n) is 11.7. The highest BCUT2D eigenvalue weighted by atomic mass is 16.5. The highest BCUT2D eigenvalue weighted by molar-refractivity contribution is 6.99. The van der Waals surface area contributed by atoms with Crippen molar-refractivity contribution in [2.45, 2.75) is 0 Å². The molecule has 0 aliphatic carbocycles. The van der Waals surface area contributed by atoms with E-state index in [9.17, 15) is 0 Å². The van der Waals surface area contributed by atoms with Crippen LogP contribution in [0.1, 0.15) is 0 Å². The standard InChI is InChI=1S/C48H27BN2O2/c1-5-17-37-32(14-1)45-40(50(37)30-12-9-11-28(25-30)29-23-24-42-34(26-29)31-13-3-7-20-41(31)52-42)27-36-48-46(45)33-15-2-6-18-38(33)51(48)39-19-10-22-44-47(39)49(36)35-16-4-8-21-43(35)53-44/h1-27H. The van der Waals surface area contributed by atoms with E-state index in [4.69, 9.17) is 9.15 Å². The summed E-state index contributed by atoms with van der Waals surface area (Å²) in [5.41, 5.74) is 15.1. The van der Waals surface area contributed by atoms with E-state index in [1.807, 2.05) is 12.1 Å². The molecule has 0 bridgehead atoms. The van der Waals surface area contributed by atoms with Gasteiger partial charge in [0.25, 0.3) is 6.71 Å².